The van der Waals surface area contributed by atoms with Gasteiger partial charge in [-0.2, -0.15) is 0 Å². The van der Waals surface area contributed by atoms with Gasteiger partial charge in [0.15, 0.2) is 0 Å². The summed E-state index contributed by atoms with van der Waals surface area (Å²) in [4.78, 5) is 5.74. The summed E-state index contributed by atoms with van der Waals surface area (Å²) in [6.07, 6.45) is 3.30. The molecule has 2 heterocycles. The molecule has 0 spiro atoms. The molecule has 0 saturated carbocycles. The summed E-state index contributed by atoms with van der Waals surface area (Å²) in [7, 11) is 0. The van der Waals surface area contributed by atoms with Gasteiger partial charge in [0.05, 0.1) is 6.61 Å². The van der Waals surface area contributed by atoms with E-state index in [0.29, 0.717) is 12.7 Å². The van der Waals surface area contributed by atoms with Gasteiger partial charge in [-0.15, -0.1) is 11.3 Å². The highest BCUT2D eigenvalue weighted by Crippen LogP contribution is 2.27. The molecule has 3 nitrogen and oxygen atoms in total. The lowest BCUT2D eigenvalue weighted by Gasteiger charge is -2.04. The van der Waals surface area contributed by atoms with Gasteiger partial charge in [-0.25, -0.2) is 4.98 Å². The Morgan fingerprint density at radius 3 is 2.78 bits per heavy atom. The van der Waals surface area contributed by atoms with Crippen LogP contribution in [-0.4, -0.2) is 24.3 Å². The van der Waals surface area contributed by atoms with Crippen LogP contribution in [0.5, 0.6) is 5.75 Å². The SMILES string of the molecule is CCc1cnc(-c2ccc(OCC3CO3)cc2)s1. The standard InChI is InChI=1S/C14H15NO2S/c1-2-13-7-15-14(18-13)10-3-5-11(6-4-10)16-8-12-9-17-12/h3-7,12H,2,8-9H2,1H3. The molecule has 4 heteroatoms. The third-order valence-electron chi connectivity index (χ3n) is 2.84. The molecule has 94 valence electrons. The van der Waals surface area contributed by atoms with E-state index >= 15 is 0 Å². The maximum atomic E-state index is 5.61. The molecule has 1 atom stereocenters. The number of aryl methyl sites for hydroxylation is 1. The van der Waals surface area contributed by atoms with Crippen molar-refractivity contribution in [1.29, 1.82) is 0 Å². The van der Waals surface area contributed by atoms with Crippen molar-refractivity contribution in [2.75, 3.05) is 13.2 Å². The number of nitrogens with zero attached hydrogens (tertiary/aromatic N) is 1. The van der Waals surface area contributed by atoms with Crippen LogP contribution in [0, 0.1) is 0 Å². The fourth-order valence-electron chi connectivity index (χ4n) is 1.65. The molecular formula is C14H15NO2S. The first kappa shape index (κ1) is 11.7. The van der Waals surface area contributed by atoms with E-state index in [1.54, 1.807) is 11.3 Å². The molecule has 3 rings (SSSR count). The Morgan fingerprint density at radius 2 is 2.17 bits per heavy atom. The van der Waals surface area contributed by atoms with Crippen LogP contribution in [0.15, 0.2) is 30.5 Å². The van der Waals surface area contributed by atoms with Crippen molar-refractivity contribution < 1.29 is 9.47 Å². The van der Waals surface area contributed by atoms with Crippen molar-refractivity contribution in [3.8, 4) is 16.3 Å². The summed E-state index contributed by atoms with van der Waals surface area (Å²) >= 11 is 1.75. The molecule has 1 aromatic carbocycles. The van der Waals surface area contributed by atoms with E-state index in [2.05, 4.69) is 24.0 Å². The zero-order valence-electron chi connectivity index (χ0n) is 10.3. The average Bonchev–Trinajstić information content (AvgIpc) is 3.12. The molecular weight excluding hydrogens is 246 g/mol. The number of hydrogen-bond donors (Lipinski definition) is 0. The van der Waals surface area contributed by atoms with Crippen molar-refractivity contribution in [3.05, 3.63) is 35.3 Å². The Kier molecular flexibility index (Phi) is 3.30. The van der Waals surface area contributed by atoms with Gasteiger partial charge in [-0.3, -0.25) is 0 Å². The average molecular weight is 261 g/mol. The normalized spacial score (nSPS) is 17.7. The zero-order valence-corrected chi connectivity index (χ0v) is 11.1. The van der Waals surface area contributed by atoms with E-state index in [9.17, 15) is 0 Å². The summed E-state index contributed by atoms with van der Waals surface area (Å²) < 4.78 is 10.7. The second kappa shape index (κ2) is 5.08. The Morgan fingerprint density at radius 1 is 1.39 bits per heavy atom. The van der Waals surface area contributed by atoms with Gasteiger partial charge in [0.2, 0.25) is 0 Å². The van der Waals surface area contributed by atoms with Crippen LogP contribution in [0.3, 0.4) is 0 Å². The first-order valence-electron chi connectivity index (χ1n) is 6.14. The minimum Gasteiger partial charge on any atom is -0.491 e. The van der Waals surface area contributed by atoms with Crippen molar-refractivity contribution >= 4 is 11.3 Å². The quantitative estimate of drug-likeness (QED) is 0.775. The highest BCUT2D eigenvalue weighted by atomic mass is 32.1. The molecule has 0 amide bonds. The van der Waals surface area contributed by atoms with Gasteiger partial charge in [0, 0.05) is 16.6 Å². The molecule has 1 saturated heterocycles. The number of thiazole rings is 1. The lowest BCUT2D eigenvalue weighted by Crippen LogP contribution is -2.03. The highest BCUT2D eigenvalue weighted by Gasteiger charge is 2.22. The molecule has 0 radical (unpaired) electrons. The first-order chi connectivity index (χ1) is 8.85. The van der Waals surface area contributed by atoms with E-state index in [1.807, 2.05) is 18.3 Å². The highest BCUT2D eigenvalue weighted by molar-refractivity contribution is 7.15. The zero-order chi connectivity index (χ0) is 12.4. The largest absolute Gasteiger partial charge is 0.491 e. The second-order valence-corrected chi connectivity index (χ2v) is 5.39. The van der Waals surface area contributed by atoms with Crippen LogP contribution in [0.1, 0.15) is 11.8 Å². The van der Waals surface area contributed by atoms with Crippen molar-refractivity contribution in [2.45, 2.75) is 19.4 Å². The second-order valence-electron chi connectivity index (χ2n) is 4.28. The number of rotatable bonds is 5. The fourth-order valence-corrected chi connectivity index (χ4v) is 2.51. The Labute approximate surface area is 110 Å². The topological polar surface area (TPSA) is 34.6 Å². The van der Waals surface area contributed by atoms with Crippen LogP contribution in [-0.2, 0) is 11.2 Å². The molecule has 1 aromatic heterocycles. The predicted molar refractivity (Wildman–Crippen MR) is 72.2 cm³/mol. The maximum absolute atomic E-state index is 5.61. The minimum atomic E-state index is 0.302. The van der Waals surface area contributed by atoms with Crippen LogP contribution in [0.2, 0.25) is 0 Å². The van der Waals surface area contributed by atoms with Gasteiger partial charge in [-0.1, -0.05) is 6.92 Å². The van der Waals surface area contributed by atoms with E-state index in [0.717, 1.165) is 29.3 Å². The van der Waals surface area contributed by atoms with Gasteiger partial charge >= 0.3 is 0 Å². The maximum Gasteiger partial charge on any atom is 0.123 e. The smallest absolute Gasteiger partial charge is 0.123 e. The van der Waals surface area contributed by atoms with Crippen molar-refractivity contribution in [3.63, 3.8) is 0 Å². The van der Waals surface area contributed by atoms with E-state index in [-0.39, 0.29) is 0 Å². The summed E-state index contributed by atoms with van der Waals surface area (Å²) in [5.74, 6) is 0.890. The molecule has 0 N–H and O–H groups in total. The van der Waals surface area contributed by atoms with Crippen molar-refractivity contribution in [1.82, 2.24) is 4.98 Å². The van der Waals surface area contributed by atoms with Crippen LogP contribution in [0.4, 0.5) is 0 Å². The molecule has 0 aliphatic carbocycles. The predicted octanol–water partition coefficient (Wildman–Crippen LogP) is 3.15. The first-order valence-corrected chi connectivity index (χ1v) is 6.96. The summed E-state index contributed by atoms with van der Waals surface area (Å²) in [5.41, 5.74) is 1.15. The molecule has 1 fully saturated rings. The number of hydrogen-bond acceptors (Lipinski definition) is 4. The van der Waals surface area contributed by atoms with Gasteiger partial charge in [-0.05, 0) is 30.7 Å². The summed E-state index contributed by atoms with van der Waals surface area (Å²) in [6.45, 7) is 3.63. The van der Waals surface area contributed by atoms with Gasteiger partial charge in [0.1, 0.15) is 23.5 Å². The number of epoxide rings is 1. The third-order valence-corrected chi connectivity index (χ3v) is 4.03. The van der Waals surface area contributed by atoms with Crippen LogP contribution < -0.4 is 4.74 Å². The molecule has 18 heavy (non-hydrogen) atoms. The third kappa shape index (κ3) is 2.71. The molecule has 0 bridgehead atoms. The van der Waals surface area contributed by atoms with Crippen LogP contribution >= 0.6 is 11.3 Å². The molecule has 2 aromatic rings. The number of benzene rings is 1. The fraction of sp³-hybridized carbons (Fsp3) is 0.357. The van der Waals surface area contributed by atoms with E-state index in [1.165, 1.54) is 4.88 Å². The van der Waals surface area contributed by atoms with Crippen LogP contribution in [0.25, 0.3) is 10.6 Å². The Hall–Kier alpha value is -1.39. The lowest BCUT2D eigenvalue weighted by atomic mass is 10.2. The Bertz CT molecular complexity index is 517. The minimum absolute atomic E-state index is 0.302. The van der Waals surface area contributed by atoms with Crippen molar-refractivity contribution in [2.24, 2.45) is 0 Å². The summed E-state index contributed by atoms with van der Waals surface area (Å²) in [5, 5.41) is 1.07. The van der Waals surface area contributed by atoms with E-state index < -0.39 is 0 Å². The molecule has 1 aliphatic heterocycles. The lowest BCUT2D eigenvalue weighted by molar-refractivity contribution is 0.263. The van der Waals surface area contributed by atoms with Gasteiger partial charge in [0.25, 0.3) is 0 Å². The molecule has 1 unspecified atom stereocenters. The summed E-state index contributed by atoms with van der Waals surface area (Å²) in [6, 6.07) is 8.10. The van der Waals surface area contributed by atoms with Gasteiger partial charge < -0.3 is 9.47 Å². The number of ether oxygens (including phenoxy) is 2. The van der Waals surface area contributed by atoms with E-state index in [4.69, 9.17) is 9.47 Å². The monoisotopic (exact) mass is 261 g/mol. The number of aromatic nitrogens is 1. The molecule has 1 aliphatic rings. The Balaban J connectivity index is 1.69.